The molecule has 2 aromatic rings. The van der Waals surface area contributed by atoms with Crippen LogP contribution in [0.5, 0.6) is 0 Å². The van der Waals surface area contributed by atoms with Crippen molar-refractivity contribution in [3.63, 3.8) is 0 Å². The molecule has 0 spiro atoms. The summed E-state index contributed by atoms with van der Waals surface area (Å²) in [4.78, 5) is 33.1. The van der Waals surface area contributed by atoms with Crippen molar-refractivity contribution in [3.05, 3.63) is 34.7 Å². The van der Waals surface area contributed by atoms with Gasteiger partial charge in [0.1, 0.15) is 0 Å². The van der Waals surface area contributed by atoms with Crippen LogP contribution in [0.1, 0.15) is 25.0 Å². The normalized spacial score (nSPS) is 15.4. The second-order valence-corrected chi connectivity index (χ2v) is 9.02. The van der Waals surface area contributed by atoms with Crippen molar-refractivity contribution in [2.45, 2.75) is 33.7 Å². The quantitative estimate of drug-likeness (QED) is 0.707. The molecule has 0 atom stereocenters. The summed E-state index contributed by atoms with van der Waals surface area (Å²) >= 11 is 1.44. The van der Waals surface area contributed by atoms with Crippen molar-refractivity contribution in [1.29, 1.82) is 0 Å². The summed E-state index contributed by atoms with van der Waals surface area (Å²) in [6.07, 6.45) is 0. The van der Waals surface area contributed by atoms with Crippen LogP contribution in [0.2, 0.25) is 0 Å². The van der Waals surface area contributed by atoms with Gasteiger partial charge < -0.3 is 10.6 Å². The topological polar surface area (TPSA) is 77.6 Å². The SMILES string of the molecule is Cc1ccc(-c2csc(NC(=O)CN3CCN(CC(=O)NC(C)C)CC3)n2)cc1C. The van der Waals surface area contributed by atoms with Gasteiger partial charge in [-0.2, -0.15) is 0 Å². The minimum atomic E-state index is -0.0537. The Kier molecular flexibility index (Phi) is 7.58. The number of nitrogens with zero attached hydrogens (tertiary/aromatic N) is 3. The predicted octanol–water partition coefficient (Wildman–Crippen LogP) is 2.51. The molecule has 162 valence electrons. The van der Waals surface area contributed by atoms with Crippen LogP contribution in [0.15, 0.2) is 23.6 Å². The lowest BCUT2D eigenvalue weighted by atomic mass is 10.1. The zero-order valence-corrected chi connectivity index (χ0v) is 19.0. The molecule has 1 saturated heterocycles. The first-order valence-corrected chi connectivity index (χ1v) is 11.2. The van der Waals surface area contributed by atoms with Gasteiger partial charge in [0, 0.05) is 43.2 Å². The van der Waals surface area contributed by atoms with Crippen LogP contribution in [0.25, 0.3) is 11.3 Å². The van der Waals surface area contributed by atoms with Crippen LogP contribution in [-0.4, -0.2) is 71.9 Å². The molecule has 3 rings (SSSR count). The molecule has 1 aromatic carbocycles. The Morgan fingerprint density at radius 2 is 1.67 bits per heavy atom. The highest BCUT2D eigenvalue weighted by Gasteiger charge is 2.21. The standard InChI is InChI=1S/C22H31N5O2S/c1-15(2)23-20(28)12-26-7-9-27(10-8-26)13-21(29)25-22-24-19(14-30-22)18-6-5-16(3)17(4)11-18/h5-6,11,14-15H,7-10,12-13H2,1-4H3,(H,23,28)(H,24,25,29). The van der Waals surface area contributed by atoms with Crippen molar-refractivity contribution in [1.82, 2.24) is 20.1 Å². The number of rotatable bonds is 7. The van der Waals surface area contributed by atoms with E-state index >= 15 is 0 Å². The molecule has 8 heteroatoms. The van der Waals surface area contributed by atoms with E-state index in [4.69, 9.17) is 0 Å². The Morgan fingerprint density at radius 1 is 1.03 bits per heavy atom. The molecule has 30 heavy (non-hydrogen) atoms. The van der Waals surface area contributed by atoms with Gasteiger partial charge in [0.2, 0.25) is 11.8 Å². The lowest BCUT2D eigenvalue weighted by Gasteiger charge is -2.33. The Balaban J connectivity index is 1.45. The highest BCUT2D eigenvalue weighted by Crippen LogP contribution is 2.26. The number of carbonyl (C=O) groups excluding carboxylic acids is 2. The third-order valence-corrected chi connectivity index (χ3v) is 5.96. The zero-order chi connectivity index (χ0) is 21.7. The van der Waals surface area contributed by atoms with Crippen LogP contribution >= 0.6 is 11.3 Å². The minimum Gasteiger partial charge on any atom is -0.353 e. The molecule has 1 aromatic heterocycles. The summed E-state index contributed by atoms with van der Waals surface area (Å²) < 4.78 is 0. The number of piperazine rings is 1. The van der Waals surface area contributed by atoms with Gasteiger partial charge in [0.25, 0.3) is 0 Å². The lowest BCUT2D eigenvalue weighted by molar-refractivity contribution is -0.124. The average molecular weight is 430 g/mol. The number of anilines is 1. The highest BCUT2D eigenvalue weighted by molar-refractivity contribution is 7.14. The average Bonchev–Trinajstić information content (AvgIpc) is 3.13. The highest BCUT2D eigenvalue weighted by atomic mass is 32.1. The third-order valence-electron chi connectivity index (χ3n) is 5.20. The van der Waals surface area contributed by atoms with Crippen LogP contribution in [-0.2, 0) is 9.59 Å². The number of hydrogen-bond acceptors (Lipinski definition) is 6. The monoisotopic (exact) mass is 429 g/mol. The van der Waals surface area contributed by atoms with E-state index in [1.54, 1.807) is 0 Å². The predicted molar refractivity (Wildman–Crippen MR) is 122 cm³/mol. The molecule has 0 bridgehead atoms. The zero-order valence-electron chi connectivity index (χ0n) is 18.2. The van der Waals surface area contributed by atoms with Gasteiger partial charge in [-0.15, -0.1) is 11.3 Å². The number of hydrogen-bond donors (Lipinski definition) is 2. The maximum atomic E-state index is 12.4. The molecule has 2 amide bonds. The van der Waals surface area contributed by atoms with E-state index in [0.717, 1.165) is 37.4 Å². The maximum absolute atomic E-state index is 12.4. The number of nitrogens with one attached hydrogen (secondary N) is 2. The fraction of sp³-hybridized carbons (Fsp3) is 0.500. The molecule has 1 aliphatic heterocycles. The molecule has 0 radical (unpaired) electrons. The van der Waals surface area contributed by atoms with Crippen molar-refractivity contribution in [2.75, 3.05) is 44.6 Å². The van der Waals surface area contributed by atoms with E-state index in [1.165, 1.54) is 22.5 Å². The van der Waals surface area contributed by atoms with Gasteiger partial charge in [-0.3, -0.25) is 19.4 Å². The molecular weight excluding hydrogens is 398 g/mol. The van der Waals surface area contributed by atoms with Gasteiger partial charge in [-0.05, 0) is 44.9 Å². The fourth-order valence-corrected chi connectivity index (χ4v) is 4.14. The summed E-state index contributed by atoms with van der Waals surface area (Å²) in [5.41, 5.74) is 4.43. The second-order valence-electron chi connectivity index (χ2n) is 8.16. The van der Waals surface area contributed by atoms with Crippen molar-refractivity contribution >= 4 is 28.3 Å². The van der Waals surface area contributed by atoms with Crippen LogP contribution in [0, 0.1) is 13.8 Å². The fourth-order valence-electron chi connectivity index (χ4n) is 3.40. The van der Waals surface area contributed by atoms with Gasteiger partial charge in [-0.1, -0.05) is 12.1 Å². The molecule has 1 aliphatic rings. The van der Waals surface area contributed by atoms with E-state index in [9.17, 15) is 9.59 Å². The van der Waals surface area contributed by atoms with Crippen molar-refractivity contribution in [3.8, 4) is 11.3 Å². The van der Waals surface area contributed by atoms with Crippen molar-refractivity contribution < 1.29 is 9.59 Å². The Morgan fingerprint density at radius 3 is 2.27 bits per heavy atom. The summed E-state index contributed by atoms with van der Waals surface area (Å²) in [6.45, 7) is 12.0. The first kappa shape index (κ1) is 22.4. The van der Waals surface area contributed by atoms with E-state index in [0.29, 0.717) is 18.2 Å². The van der Waals surface area contributed by atoms with Gasteiger partial charge in [-0.25, -0.2) is 4.98 Å². The summed E-state index contributed by atoms with van der Waals surface area (Å²) in [6, 6.07) is 6.43. The van der Waals surface area contributed by atoms with Crippen LogP contribution in [0.4, 0.5) is 5.13 Å². The molecule has 2 heterocycles. The molecule has 0 aliphatic carbocycles. The van der Waals surface area contributed by atoms with E-state index in [-0.39, 0.29) is 17.9 Å². The minimum absolute atomic E-state index is 0.0537. The molecule has 2 N–H and O–H groups in total. The lowest BCUT2D eigenvalue weighted by Crippen LogP contribution is -2.51. The molecular formula is C22H31N5O2S. The number of amides is 2. The number of aryl methyl sites for hydroxylation is 2. The van der Waals surface area contributed by atoms with Crippen LogP contribution in [0.3, 0.4) is 0 Å². The van der Waals surface area contributed by atoms with Gasteiger partial charge in [0.05, 0.1) is 18.8 Å². The number of carbonyl (C=O) groups is 2. The van der Waals surface area contributed by atoms with E-state index in [1.807, 2.05) is 19.2 Å². The second kappa shape index (κ2) is 10.1. The maximum Gasteiger partial charge on any atom is 0.240 e. The summed E-state index contributed by atoms with van der Waals surface area (Å²) in [5.74, 6) is 0.00141. The van der Waals surface area contributed by atoms with Crippen molar-refractivity contribution in [2.24, 2.45) is 0 Å². The number of aromatic nitrogens is 1. The number of thiazole rings is 1. The first-order chi connectivity index (χ1) is 14.3. The molecule has 1 fully saturated rings. The number of benzene rings is 1. The van der Waals surface area contributed by atoms with E-state index < -0.39 is 0 Å². The Bertz CT molecular complexity index is 887. The van der Waals surface area contributed by atoms with E-state index in [2.05, 4.69) is 57.5 Å². The molecule has 0 unspecified atom stereocenters. The smallest absolute Gasteiger partial charge is 0.240 e. The van der Waals surface area contributed by atoms with Gasteiger partial charge >= 0.3 is 0 Å². The van der Waals surface area contributed by atoms with Gasteiger partial charge in [0.15, 0.2) is 5.13 Å². The largest absolute Gasteiger partial charge is 0.353 e. The molecule has 7 nitrogen and oxygen atoms in total. The third kappa shape index (κ3) is 6.35. The molecule has 0 saturated carbocycles. The summed E-state index contributed by atoms with van der Waals surface area (Å²) in [7, 11) is 0. The Hall–Kier alpha value is -2.29. The first-order valence-electron chi connectivity index (χ1n) is 10.4. The Labute approximate surface area is 182 Å². The summed E-state index contributed by atoms with van der Waals surface area (Å²) in [5, 5.41) is 8.43. The van der Waals surface area contributed by atoms with Crippen LogP contribution < -0.4 is 10.6 Å².